The number of hydrogen-bond acceptors (Lipinski definition) is 3. The van der Waals surface area contributed by atoms with Crippen molar-refractivity contribution in [3.63, 3.8) is 0 Å². The molecule has 94 valence electrons. The van der Waals surface area contributed by atoms with Crippen LogP contribution in [0.1, 0.15) is 37.6 Å². The zero-order valence-corrected chi connectivity index (χ0v) is 10.7. The molecule has 0 spiro atoms. The van der Waals surface area contributed by atoms with E-state index in [0.717, 1.165) is 6.42 Å². The molecule has 0 radical (unpaired) electrons. The van der Waals surface area contributed by atoms with Crippen molar-refractivity contribution in [1.29, 1.82) is 0 Å². The summed E-state index contributed by atoms with van der Waals surface area (Å²) in [5, 5.41) is 3.28. The Morgan fingerprint density at radius 3 is 2.59 bits per heavy atom. The first-order valence-corrected chi connectivity index (χ1v) is 5.92. The van der Waals surface area contributed by atoms with Gasteiger partial charge < -0.3 is 16.8 Å². The molecule has 2 atom stereocenters. The minimum atomic E-state index is -0.462. The van der Waals surface area contributed by atoms with E-state index in [1.54, 1.807) is 18.2 Å². The molecule has 0 saturated heterocycles. The number of primary amides is 1. The monoisotopic (exact) mass is 235 g/mol. The van der Waals surface area contributed by atoms with Crippen molar-refractivity contribution in [3.8, 4) is 0 Å². The molecule has 0 heterocycles. The lowest BCUT2D eigenvalue weighted by molar-refractivity contribution is 0.100. The molecule has 0 fully saturated rings. The average Bonchev–Trinajstić information content (AvgIpc) is 2.30. The van der Waals surface area contributed by atoms with Crippen LogP contribution in [0.15, 0.2) is 18.2 Å². The highest BCUT2D eigenvalue weighted by molar-refractivity contribution is 6.01. The van der Waals surface area contributed by atoms with Crippen LogP contribution in [0.2, 0.25) is 0 Å². The van der Waals surface area contributed by atoms with Gasteiger partial charge in [0.2, 0.25) is 0 Å². The molecular formula is C13H21N3O. The zero-order valence-electron chi connectivity index (χ0n) is 10.7. The molecule has 5 N–H and O–H groups in total. The highest BCUT2D eigenvalue weighted by Gasteiger charge is 2.15. The Labute approximate surface area is 102 Å². The van der Waals surface area contributed by atoms with Gasteiger partial charge in [-0.1, -0.05) is 26.3 Å². The van der Waals surface area contributed by atoms with Gasteiger partial charge in [-0.2, -0.15) is 0 Å². The second-order valence-corrected chi connectivity index (χ2v) is 4.45. The molecule has 0 aromatic heterocycles. The molecular weight excluding hydrogens is 214 g/mol. The van der Waals surface area contributed by atoms with Crippen LogP contribution in [0.4, 0.5) is 11.4 Å². The van der Waals surface area contributed by atoms with Crippen LogP contribution in [0, 0.1) is 5.92 Å². The SMILES string of the molecule is CCC(C)C(C)Nc1c(N)cccc1C(N)=O. The fourth-order valence-electron chi connectivity index (χ4n) is 1.66. The quantitative estimate of drug-likeness (QED) is 0.684. The van der Waals surface area contributed by atoms with Gasteiger partial charge in [-0.05, 0) is 25.0 Å². The van der Waals surface area contributed by atoms with E-state index in [2.05, 4.69) is 26.1 Å². The Hall–Kier alpha value is -1.71. The molecule has 4 nitrogen and oxygen atoms in total. The van der Waals surface area contributed by atoms with E-state index >= 15 is 0 Å². The first kappa shape index (κ1) is 13.4. The first-order chi connectivity index (χ1) is 7.97. The summed E-state index contributed by atoms with van der Waals surface area (Å²) in [6.45, 7) is 6.36. The van der Waals surface area contributed by atoms with Crippen molar-refractivity contribution in [1.82, 2.24) is 0 Å². The fourth-order valence-corrected chi connectivity index (χ4v) is 1.66. The molecule has 4 heteroatoms. The van der Waals surface area contributed by atoms with Crippen molar-refractivity contribution in [2.24, 2.45) is 11.7 Å². The van der Waals surface area contributed by atoms with Gasteiger partial charge in [0, 0.05) is 6.04 Å². The maximum absolute atomic E-state index is 11.3. The molecule has 0 saturated carbocycles. The van der Waals surface area contributed by atoms with Crippen LogP contribution >= 0.6 is 0 Å². The van der Waals surface area contributed by atoms with E-state index < -0.39 is 5.91 Å². The summed E-state index contributed by atoms with van der Waals surface area (Å²) in [7, 11) is 0. The maximum Gasteiger partial charge on any atom is 0.250 e. The first-order valence-electron chi connectivity index (χ1n) is 5.92. The standard InChI is InChI=1S/C13H21N3O/c1-4-8(2)9(3)16-12-10(13(15)17)6-5-7-11(12)14/h5-9,16H,4,14H2,1-3H3,(H2,15,17). The number of para-hydroxylation sites is 1. The van der Waals surface area contributed by atoms with E-state index in [0.29, 0.717) is 22.9 Å². The van der Waals surface area contributed by atoms with Crippen molar-refractivity contribution in [3.05, 3.63) is 23.8 Å². The van der Waals surface area contributed by atoms with Crippen LogP contribution in [0.25, 0.3) is 0 Å². The lowest BCUT2D eigenvalue weighted by Gasteiger charge is -2.23. The lowest BCUT2D eigenvalue weighted by Crippen LogP contribution is -2.26. The van der Waals surface area contributed by atoms with Gasteiger partial charge in [-0.3, -0.25) is 4.79 Å². The van der Waals surface area contributed by atoms with E-state index in [4.69, 9.17) is 11.5 Å². The van der Waals surface area contributed by atoms with Crippen molar-refractivity contribution in [2.75, 3.05) is 11.1 Å². The third-order valence-corrected chi connectivity index (χ3v) is 3.23. The predicted molar refractivity (Wildman–Crippen MR) is 71.9 cm³/mol. The van der Waals surface area contributed by atoms with E-state index in [-0.39, 0.29) is 6.04 Å². The molecule has 0 aliphatic rings. The molecule has 1 aromatic carbocycles. The maximum atomic E-state index is 11.3. The summed E-state index contributed by atoms with van der Waals surface area (Å²) in [5.41, 5.74) is 12.9. The Bertz CT molecular complexity index is 404. The number of benzene rings is 1. The van der Waals surface area contributed by atoms with Crippen molar-refractivity contribution in [2.45, 2.75) is 33.2 Å². The summed E-state index contributed by atoms with van der Waals surface area (Å²) in [6, 6.07) is 5.42. The topological polar surface area (TPSA) is 81.1 Å². The number of hydrogen-bond donors (Lipinski definition) is 3. The van der Waals surface area contributed by atoms with Gasteiger partial charge >= 0.3 is 0 Å². The number of nitrogens with one attached hydrogen (secondary N) is 1. The van der Waals surface area contributed by atoms with Crippen LogP contribution in [-0.2, 0) is 0 Å². The number of nitrogen functional groups attached to an aromatic ring is 1. The second kappa shape index (κ2) is 5.57. The molecule has 0 aliphatic heterocycles. The van der Waals surface area contributed by atoms with Crippen molar-refractivity contribution < 1.29 is 4.79 Å². The van der Waals surface area contributed by atoms with Gasteiger partial charge in [-0.25, -0.2) is 0 Å². The van der Waals surface area contributed by atoms with Gasteiger partial charge in [0.15, 0.2) is 0 Å². The number of nitrogens with two attached hydrogens (primary N) is 2. The number of rotatable bonds is 5. The minimum absolute atomic E-state index is 0.239. The predicted octanol–water partition coefficient (Wildman–Crippen LogP) is 2.21. The third kappa shape index (κ3) is 3.12. The molecule has 2 unspecified atom stereocenters. The van der Waals surface area contributed by atoms with Gasteiger partial charge in [0.05, 0.1) is 16.9 Å². The number of carbonyl (C=O) groups excluding carboxylic acids is 1. The Balaban J connectivity index is 3.00. The number of amides is 1. The highest BCUT2D eigenvalue weighted by Crippen LogP contribution is 2.25. The summed E-state index contributed by atoms with van der Waals surface area (Å²) < 4.78 is 0. The zero-order chi connectivity index (χ0) is 13.0. The Morgan fingerprint density at radius 1 is 1.41 bits per heavy atom. The third-order valence-electron chi connectivity index (χ3n) is 3.23. The van der Waals surface area contributed by atoms with Crippen molar-refractivity contribution >= 4 is 17.3 Å². The van der Waals surface area contributed by atoms with E-state index in [1.807, 2.05) is 0 Å². The molecule has 1 rings (SSSR count). The summed E-state index contributed by atoms with van der Waals surface area (Å²) in [4.78, 5) is 11.3. The smallest absolute Gasteiger partial charge is 0.250 e. The fraction of sp³-hybridized carbons (Fsp3) is 0.462. The van der Waals surface area contributed by atoms with Crippen LogP contribution < -0.4 is 16.8 Å². The molecule has 0 bridgehead atoms. The highest BCUT2D eigenvalue weighted by atomic mass is 16.1. The normalized spacial score (nSPS) is 14.1. The van der Waals surface area contributed by atoms with Gasteiger partial charge in [-0.15, -0.1) is 0 Å². The molecule has 1 amide bonds. The Morgan fingerprint density at radius 2 is 2.06 bits per heavy atom. The lowest BCUT2D eigenvalue weighted by atomic mass is 9.99. The van der Waals surface area contributed by atoms with Crippen LogP contribution in [0.3, 0.4) is 0 Å². The summed E-state index contributed by atoms with van der Waals surface area (Å²) >= 11 is 0. The molecule has 0 aliphatic carbocycles. The number of anilines is 2. The largest absolute Gasteiger partial charge is 0.397 e. The van der Waals surface area contributed by atoms with Crippen LogP contribution in [-0.4, -0.2) is 11.9 Å². The van der Waals surface area contributed by atoms with Gasteiger partial charge in [0.25, 0.3) is 5.91 Å². The summed E-state index contributed by atoms with van der Waals surface area (Å²) in [5.74, 6) is 0.0338. The second-order valence-electron chi connectivity index (χ2n) is 4.45. The summed E-state index contributed by atoms with van der Waals surface area (Å²) in [6.07, 6.45) is 1.06. The Kier molecular flexibility index (Phi) is 4.37. The minimum Gasteiger partial charge on any atom is -0.397 e. The van der Waals surface area contributed by atoms with Gasteiger partial charge in [0.1, 0.15) is 0 Å². The molecule has 17 heavy (non-hydrogen) atoms. The van der Waals surface area contributed by atoms with E-state index in [1.165, 1.54) is 0 Å². The van der Waals surface area contributed by atoms with E-state index in [9.17, 15) is 4.79 Å². The molecule has 1 aromatic rings. The average molecular weight is 235 g/mol. The number of carbonyl (C=O) groups is 1. The van der Waals surface area contributed by atoms with Crippen LogP contribution in [0.5, 0.6) is 0 Å².